The van der Waals surface area contributed by atoms with Crippen molar-refractivity contribution in [1.29, 1.82) is 0 Å². The summed E-state index contributed by atoms with van der Waals surface area (Å²) in [4.78, 5) is 14.5. The van der Waals surface area contributed by atoms with Crippen molar-refractivity contribution in [3.8, 4) is 33.9 Å². The molecule has 0 saturated carbocycles. The van der Waals surface area contributed by atoms with Gasteiger partial charge < -0.3 is 4.42 Å². The third kappa shape index (κ3) is 4.99. The molecular formula is C40H33N3O. The van der Waals surface area contributed by atoms with Gasteiger partial charge in [0, 0.05) is 27.8 Å². The Morgan fingerprint density at radius 3 is 2.05 bits per heavy atom. The fourth-order valence-electron chi connectivity index (χ4n) is 5.88. The van der Waals surface area contributed by atoms with Crippen LogP contribution in [0.4, 0.5) is 0 Å². The minimum Gasteiger partial charge on any atom is -0.456 e. The lowest BCUT2D eigenvalue weighted by Crippen LogP contribution is -2.04. The van der Waals surface area contributed by atoms with E-state index in [0.717, 1.165) is 50.0 Å². The minimum absolute atomic E-state index is 0.184. The van der Waals surface area contributed by atoms with E-state index in [9.17, 15) is 0 Å². The summed E-state index contributed by atoms with van der Waals surface area (Å²) in [5.41, 5.74) is 10.8. The van der Waals surface area contributed by atoms with Crippen LogP contribution in [0.1, 0.15) is 49.2 Å². The Bertz CT molecular complexity index is 2160. The van der Waals surface area contributed by atoms with Crippen LogP contribution in [0.5, 0.6) is 0 Å². The van der Waals surface area contributed by atoms with Gasteiger partial charge in [-0.1, -0.05) is 117 Å². The second-order valence-corrected chi connectivity index (χ2v) is 11.4. The van der Waals surface area contributed by atoms with Gasteiger partial charge in [-0.2, -0.15) is 0 Å². The first-order valence-corrected chi connectivity index (χ1v) is 15.1. The van der Waals surface area contributed by atoms with Crippen LogP contribution in [0.3, 0.4) is 0 Å². The number of nitrogens with zero attached hydrogens (tertiary/aromatic N) is 3. The molecule has 44 heavy (non-hydrogen) atoms. The van der Waals surface area contributed by atoms with Gasteiger partial charge in [0.15, 0.2) is 11.6 Å². The van der Waals surface area contributed by atoms with Crippen LogP contribution in [0.2, 0.25) is 0 Å². The molecule has 7 aromatic rings. The monoisotopic (exact) mass is 571 g/mol. The molecule has 0 saturated heterocycles. The topological polar surface area (TPSA) is 51.8 Å². The van der Waals surface area contributed by atoms with Crippen LogP contribution in [0.25, 0.3) is 61.4 Å². The fourth-order valence-corrected chi connectivity index (χ4v) is 5.88. The molecule has 0 N–H and O–H groups in total. The zero-order valence-corrected chi connectivity index (χ0v) is 25.4. The molecule has 0 radical (unpaired) electrons. The zero-order chi connectivity index (χ0) is 30.2. The molecule has 0 spiro atoms. The van der Waals surface area contributed by atoms with E-state index < -0.39 is 0 Å². The predicted octanol–water partition coefficient (Wildman–Crippen LogP) is 10.7. The first-order valence-electron chi connectivity index (χ1n) is 15.1. The molecule has 0 bridgehead atoms. The summed E-state index contributed by atoms with van der Waals surface area (Å²) in [6.45, 7) is 8.48. The van der Waals surface area contributed by atoms with Crippen LogP contribution in [0, 0.1) is 6.92 Å². The average Bonchev–Trinajstić information content (AvgIpc) is 3.44. The van der Waals surface area contributed by atoms with Gasteiger partial charge in [0.2, 0.25) is 0 Å². The SMILES string of the molecule is C/C=C(/c1ccc2oc3cccc(-c4ccc(-c5nc(-c6ccccc6)nc(C(C)C)n5)cc4)c3c2c1)c1ccccc1C. The Balaban J connectivity index is 1.31. The highest BCUT2D eigenvalue weighted by molar-refractivity contribution is 6.13. The van der Waals surface area contributed by atoms with Gasteiger partial charge in [0.25, 0.3) is 0 Å². The third-order valence-electron chi connectivity index (χ3n) is 8.19. The van der Waals surface area contributed by atoms with E-state index in [1.54, 1.807) is 0 Å². The molecule has 2 aromatic heterocycles. The highest BCUT2D eigenvalue weighted by Gasteiger charge is 2.17. The van der Waals surface area contributed by atoms with E-state index in [1.165, 1.54) is 22.3 Å². The highest BCUT2D eigenvalue weighted by Crippen LogP contribution is 2.39. The van der Waals surface area contributed by atoms with Crippen LogP contribution < -0.4 is 0 Å². The van der Waals surface area contributed by atoms with Crippen LogP contribution >= 0.6 is 0 Å². The summed E-state index contributed by atoms with van der Waals surface area (Å²) in [5, 5.41) is 2.22. The highest BCUT2D eigenvalue weighted by atomic mass is 16.3. The van der Waals surface area contributed by atoms with Crippen molar-refractivity contribution in [1.82, 2.24) is 15.0 Å². The number of furan rings is 1. The number of rotatable bonds is 6. The first kappa shape index (κ1) is 27.5. The van der Waals surface area contributed by atoms with E-state index in [2.05, 4.69) is 113 Å². The summed E-state index contributed by atoms with van der Waals surface area (Å²) in [6.07, 6.45) is 2.19. The molecule has 0 aliphatic carbocycles. The van der Waals surface area contributed by atoms with E-state index >= 15 is 0 Å². The number of aromatic nitrogens is 3. The minimum atomic E-state index is 0.184. The number of fused-ring (bicyclic) bond motifs is 3. The molecule has 4 nitrogen and oxygen atoms in total. The maximum atomic E-state index is 6.35. The molecule has 4 heteroatoms. The fraction of sp³-hybridized carbons (Fsp3) is 0.125. The molecule has 0 amide bonds. The summed E-state index contributed by atoms with van der Waals surface area (Å²) in [6, 6.07) is 39.9. The number of aryl methyl sites for hydroxylation is 1. The van der Waals surface area contributed by atoms with Crippen molar-refractivity contribution < 1.29 is 4.42 Å². The van der Waals surface area contributed by atoms with Crippen molar-refractivity contribution in [2.75, 3.05) is 0 Å². The maximum absolute atomic E-state index is 6.35. The van der Waals surface area contributed by atoms with Crippen LogP contribution in [-0.2, 0) is 0 Å². The van der Waals surface area contributed by atoms with Crippen molar-refractivity contribution >= 4 is 27.5 Å². The van der Waals surface area contributed by atoms with Crippen molar-refractivity contribution in [2.24, 2.45) is 0 Å². The van der Waals surface area contributed by atoms with E-state index in [0.29, 0.717) is 11.6 Å². The number of benzene rings is 5. The lowest BCUT2D eigenvalue weighted by molar-refractivity contribution is 0.669. The molecule has 7 rings (SSSR count). The Hall–Kier alpha value is -5.35. The summed E-state index contributed by atoms with van der Waals surface area (Å²) in [5.74, 6) is 2.35. The lowest BCUT2D eigenvalue weighted by atomic mass is 9.92. The summed E-state index contributed by atoms with van der Waals surface area (Å²) in [7, 11) is 0. The average molecular weight is 572 g/mol. The molecule has 2 heterocycles. The zero-order valence-electron chi connectivity index (χ0n) is 25.4. The molecule has 0 atom stereocenters. The third-order valence-corrected chi connectivity index (χ3v) is 8.19. The van der Waals surface area contributed by atoms with Gasteiger partial charge in [0.05, 0.1) is 0 Å². The normalized spacial score (nSPS) is 12.0. The predicted molar refractivity (Wildman–Crippen MR) is 181 cm³/mol. The van der Waals surface area contributed by atoms with E-state index in [1.807, 2.05) is 36.4 Å². The quantitative estimate of drug-likeness (QED) is 0.199. The van der Waals surface area contributed by atoms with Gasteiger partial charge in [0.1, 0.15) is 17.0 Å². The maximum Gasteiger partial charge on any atom is 0.163 e. The standard InChI is InChI=1S/C40H33N3O/c1-5-31(32-15-10-9-12-26(32)4)30-22-23-35-34(24-30)37-33(16-11-17-36(37)44-35)27-18-20-29(21-19-27)40-42-38(25(2)3)41-39(43-40)28-13-7-6-8-14-28/h5-25H,1-4H3/b31-5-. The second kappa shape index (κ2) is 11.4. The van der Waals surface area contributed by atoms with Crippen molar-refractivity contribution in [2.45, 2.75) is 33.6 Å². The van der Waals surface area contributed by atoms with Gasteiger partial charge in [-0.15, -0.1) is 0 Å². The molecule has 5 aromatic carbocycles. The molecule has 0 aliphatic rings. The number of hydrogen-bond donors (Lipinski definition) is 0. The van der Waals surface area contributed by atoms with Crippen molar-refractivity contribution in [3.05, 3.63) is 144 Å². The summed E-state index contributed by atoms with van der Waals surface area (Å²) >= 11 is 0. The smallest absolute Gasteiger partial charge is 0.163 e. The van der Waals surface area contributed by atoms with E-state index in [-0.39, 0.29) is 5.92 Å². The van der Waals surface area contributed by atoms with Crippen LogP contribution in [0.15, 0.2) is 126 Å². The number of hydrogen-bond acceptors (Lipinski definition) is 4. The van der Waals surface area contributed by atoms with E-state index in [4.69, 9.17) is 19.4 Å². The van der Waals surface area contributed by atoms with Gasteiger partial charge >= 0.3 is 0 Å². The molecule has 0 aliphatic heterocycles. The molecule has 0 fully saturated rings. The molecular weight excluding hydrogens is 538 g/mol. The van der Waals surface area contributed by atoms with Gasteiger partial charge in [-0.05, 0) is 65.4 Å². The van der Waals surface area contributed by atoms with Crippen molar-refractivity contribution in [3.63, 3.8) is 0 Å². The Morgan fingerprint density at radius 2 is 1.34 bits per heavy atom. The second-order valence-electron chi connectivity index (χ2n) is 11.4. The first-order chi connectivity index (χ1) is 21.5. The lowest BCUT2D eigenvalue weighted by Gasteiger charge is -2.11. The van der Waals surface area contributed by atoms with Crippen LogP contribution in [-0.4, -0.2) is 15.0 Å². The van der Waals surface area contributed by atoms with Gasteiger partial charge in [-0.3, -0.25) is 0 Å². The molecule has 0 unspecified atom stereocenters. The largest absolute Gasteiger partial charge is 0.456 e. The Labute approximate surface area is 257 Å². The number of allylic oxidation sites excluding steroid dienone is 1. The Morgan fingerprint density at radius 1 is 0.659 bits per heavy atom. The Kier molecular flexibility index (Phi) is 7.11. The molecule has 214 valence electrons. The van der Waals surface area contributed by atoms with Gasteiger partial charge in [-0.25, -0.2) is 15.0 Å². The summed E-state index contributed by atoms with van der Waals surface area (Å²) < 4.78 is 6.35.